The molecule has 1 aromatic rings. The van der Waals surface area contributed by atoms with Gasteiger partial charge in [0.1, 0.15) is 6.04 Å². The Morgan fingerprint density at radius 1 is 1.26 bits per heavy atom. The first kappa shape index (κ1) is 16.4. The van der Waals surface area contributed by atoms with Gasteiger partial charge in [-0.25, -0.2) is 8.42 Å². The van der Waals surface area contributed by atoms with Crippen LogP contribution < -0.4 is 5.73 Å². The fourth-order valence-electron chi connectivity index (χ4n) is 3.43. The number of primary amides is 1. The average Bonchev–Trinajstić information content (AvgIpc) is 2.96. The lowest BCUT2D eigenvalue weighted by atomic mass is 10.0. The van der Waals surface area contributed by atoms with E-state index in [1.165, 1.54) is 15.4 Å². The number of nitrogens with two attached hydrogens (primary N) is 1. The monoisotopic (exact) mass is 338 g/mol. The van der Waals surface area contributed by atoms with E-state index < -0.39 is 22.0 Å². The highest BCUT2D eigenvalue weighted by Crippen LogP contribution is 2.29. The van der Waals surface area contributed by atoms with Gasteiger partial charge in [-0.2, -0.15) is 4.31 Å². The summed E-state index contributed by atoms with van der Waals surface area (Å²) in [6.07, 6.45) is 2.45. The zero-order chi connectivity index (χ0) is 16.4. The number of carbonyl (C=O) groups is 1. The first-order chi connectivity index (χ1) is 11.0. The third-order valence-corrected chi connectivity index (χ3v) is 6.59. The predicted molar refractivity (Wildman–Crippen MR) is 86.3 cm³/mol. The van der Waals surface area contributed by atoms with Crippen molar-refractivity contribution in [3.05, 3.63) is 35.4 Å². The molecule has 1 aliphatic carbocycles. The van der Waals surface area contributed by atoms with Crippen molar-refractivity contribution >= 4 is 15.9 Å². The van der Waals surface area contributed by atoms with Gasteiger partial charge in [-0.15, -0.1) is 0 Å². The Labute approximate surface area is 136 Å². The SMILES string of the molecule is NC(=O)C1COCCN1S(=O)(=O)CCC1Cc2ccccc2C1. The average molecular weight is 338 g/mol. The van der Waals surface area contributed by atoms with Crippen molar-refractivity contribution in [2.24, 2.45) is 11.7 Å². The second-order valence-corrected chi connectivity index (χ2v) is 8.29. The number of hydrogen-bond donors (Lipinski definition) is 1. The summed E-state index contributed by atoms with van der Waals surface area (Å²) >= 11 is 0. The lowest BCUT2D eigenvalue weighted by Crippen LogP contribution is -2.55. The molecule has 1 aromatic carbocycles. The van der Waals surface area contributed by atoms with Crippen LogP contribution in [0.15, 0.2) is 24.3 Å². The maximum Gasteiger partial charge on any atom is 0.238 e. The second kappa shape index (κ2) is 6.59. The van der Waals surface area contributed by atoms with Gasteiger partial charge < -0.3 is 10.5 Å². The molecule has 0 radical (unpaired) electrons. The molecule has 0 bridgehead atoms. The third-order valence-electron chi connectivity index (χ3n) is 4.68. The molecule has 1 saturated heterocycles. The molecule has 126 valence electrons. The smallest absolute Gasteiger partial charge is 0.238 e. The minimum Gasteiger partial charge on any atom is -0.378 e. The Hall–Kier alpha value is -1.44. The van der Waals surface area contributed by atoms with Crippen LogP contribution in [0, 0.1) is 5.92 Å². The highest BCUT2D eigenvalue weighted by molar-refractivity contribution is 7.89. The number of carbonyl (C=O) groups excluding carboxylic acids is 1. The van der Waals surface area contributed by atoms with Gasteiger partial charge in [-0.05, 0) is 36.3 Å². The lowest BCUT2D eigenvalue weighted by molar-refractivity contribution is -0.125. The highest BCUT2D eigenvalue weighted by atomic mass is 32.2. The number of amides is 1. The fourth-order valence-corrected chi connectivity index (χ4v) is 5.20. The van der Waals surface area contributed by atoms with Crippen molar-refractivity contribution in [3.63, 3.8) is 0 Å². The molecule has 1 atom stereocenters. The van der Waals surface area contributed by atoms with Gasteiger partial charge in [0, 0.05) is 6.54 Å². The molecule has 0 spiro atoms. The van der Waals surface area contributed by atoms with Crippen LogP contribution >= 0.6 is 0 Å². The number of hydrogen-bond acceptors (Lipinski definition) is 4. The molecule has 2 N–H and O–H groups in total. The molecular weight excluding hydrogens is 316 g/mol. The summed E-state index contributed by atoms with van der Waals surface area (Å²) in [7, 11) is -3.50. The summed E-state index contributed by atoms with van der Waals surface area (Å²) in [6, 6.07) is 7.37. The fraction of sp³-hybridized carbons (Fsp3) is 0.562. The zero-order valence-corrected chi connectivity index (χ0v) is 13.8. The van der Waals surface area contributed by atoms with Crippen LogP contribution in [0.3, 0.4) is 0 Å². The van der Waals surface area contributed by atoms with Gasteiger partial charge in [0.15, 0.2) is 0 Å². The van der Waals surface area contributed by atoms with Crippen LogP contribution in [-0.2, 0) is 32.4 Å². The number of sulfonamides is 1. The van der Waals surface area contributed by atoms with E-state index in [0.29, 0.717) is 18.9 Å². The molecule has 1 fully saturated rings. The number of ether oxygens (including phenoxy) is 1. The first-order valence-electron chi connectivity index (χ1n) is 7.91. The predicted octanol–water partition coefficient (Wildman–Crippen LogP) is 0.307. The minimum atomic E-state index is -3.50. The first-order valence-corrected chi connectivity index (χ1v) is 9.51. The van der Waals surface area contributed by atoms with Crippen molar-refractivity contribution in [3.8, 4) is 0 Å². The second-order valence-electron chi connectivity index (χ2n) is 6.25. The van der Waals surface area contributed by atoms with Crippen LogP contribution in [-0.4, -0.2) is 50.2 Å². The summed E-state index contributed by atoms with van der Waals surface area (Å²) in [5.41, 5.74) is 7.94. The summed E-state index contributed by atoms with van der Waals surface area (Å²) in [5.74, 6) is -0.258. The van der Waals surface area contributed by atoms with Crippen LogP contribution in [0.2, 0.25) is 0 Å². The molecule has 0 aromatic heterocycles. The molecule has 7 heteroatoms. The van der Waals surface area contributed by atoms with Crippen LogP contribution in [0.4, 0.5) is 0 Å². The van der Waals surface area contributed by atoms with E-state index in [-0.39, 0.29) is 18.9 Å². The zero-order valence-electron chi connectivity index (χ0n) is 13.0. The molecule has 2 aliphatic rings. The van der Waals surface area contributed by atoms with E-state index >= 15 is 0 Å². The van der Waals surface area contributed by atoms with Crippen LogP contribution in [0.1, 0.15) is 17.5 Å². The normalized spacial score (nSPS) is 22.9. The highest BCUT2D eigenvalue weighted by Gasteiger charge is 2.36. The molecule has 6 nitrogen and oxygen atoms in total. The van der Waals surface area contributed by atoms with E-state index in [2.05, 4.69) is 12.1 Å². The largest absolute Gasteiger partial charge is 0.378 e. The van der Waals surface area contributed by atoms with E-state index in [0.717, 1.165) is 12.8 Å². The Morgan fingerprint density at radius 2 is 1.91 bits per heavy atom. The Balaban J connectivity index is 1.62. The van der Waals surface area contributed by atoms with Gasteiger partial charge in [0.05, 0.1) is 19.0 Å². The van der Waals surface area contributed by atoms with Crippen molar-refractivity contribution in [1.29, 1.82) is 0 Å². The standard InChI is InChI=1S/C16H22N2O4S/c17-16(19)15-11-22-7-6-18(15)23(20,21)8-5-12-9-13-3-1-2-4-14(13)10-12/h1-4,12,15H,5-11H2,(H2,17,19). The number of benzene rings is 1. The Kier molecular flexibility index (Phi) is 4.70. The Bertz CT molecular complexity index is 664. The molecule has 1 aliphatic heterocycles. The van der Waals surface area contributed by atoms with Crippen molar-refractivity contribution in [1.82, 2.24) is 4.31 Å². The molecule has 1 unspecified atom stereocenters. The van der Waals surface area contributed by atoms with Gasteiger partial charge in [0.25, 0.3) is 0 Å². The lowest BCUT2D eigenvalue weighted by Gasteiger charge is -2.32. The molecule has 3 rings (SSSR count). The van der Waals surface area contributed by atoms with E-state index in [1.54, 1.807) is 0 Å². The topological polar surface area (TPSA) is 89.7 Å². The van der Waals surface area contributed by atoms with E-state index in [9.17, 15) is 13.2 Å². The van der Waals surface area contributed by atoms with Gasteiger partial charge in [-0.3, -0.25) is 4.79 Å². The number of nitrogens with zero attached hydrogens (tertiary/aromatic N) is 1. The third kappa shape index (κ3) is 3.57. The van der Waals surface area contributed by atoms with Crippen molar-refractivity contribution < 1.29 is 17.9 Å². The number of morpholine rings is 1. The van der Waals surface area contributed by atoms with Crippen molar-refractivity contribution in [2.45, 2.75) is 25.3 Å². The van der Waals surface area contributed by atoms with Crippen LogP contribution in [0.25, 0.3) is 0 Å². The molecule has 23 heavy (non-hydrogen) atoms. The quantitative estimate of drug-likeness (QED) is 0.836. The maximum atomic E-state index is 12.6. The molecule has 1 heterocycles. The number of rotatable bonds is 5. The molecule has 1 amide bonds. The maximum absolute atomic E-state index is 12.6. The molecular formula is C16H22N2O4S. The van der Waals surface area contributed by atoms with Gasteiger partial charge in [-0.1, -0.05) is 24.3 Å². The summed E-state index contributed by atoms with van der Waals surface area (Å²) < 4.78 is 31.6. The Morgan fingerprint density at radius 3 is 2.52 bits per heavy atom. The van der Waals surface area contributed by atoms with Crippen LogP contribution in [0.5, 0.6) is 0 Å². The van der Waals surface area contributed by atoms with Crippen molar-refractivity contribution in [2.75, 3.05) is 25.5 Å². The summed E-state index contributed by atoms with van der Waals surface area (Å²) in [4.78, 5) is 11.5. The minimum absolute atomic E-state index is 0.0451. The molecule has 0 saturated carbocycles. The van der Waals surface area contributed by atoms with E-state index in [4.69, 9.17) is 10.5 Å². The van der Waals surface area contributed by atoms with E-state index in [1.807, 2.05) is 12.1 Å². The van der Waals surface area contributed by atoms with Gasteiger partial charge >= 0.3 is 0 Å². The summed E-state index contributed by atoms with van der Waals surface area (Å²) in [6.45, 7) is 0.544. The number of fused-ring (bicyclic) bond motifs is 1. The summed E-state index contributed by atoms with van der Waals surface area (Å²) in [5, 5.41) is 0. The van der Waals surface area contributed by atoms with Gasteiger partial charge in [0.2, 0.25) is 15.9 Å².